The lowest BCUT2D eigenvalue weighted by Crippen LogP contribution is -2.28. The highest BCUT2D eigenvalue weighted by molar-refractivity contribution is 9.10. The average Bonchev–Trinajstić information content (AvgIpc) is 2.34. The number of rotatable bonds is 6. The largest absolute Gasteiger partial charge is 0.310 e. The fourth-order valence-electron chi connectivity index (χ4n) is 2.55. The topological polar surface area (TPSA) is 12.0 Å². The van der Waals surface area contributed by atoms with Crippen LogP contribution in [-0.4, -0.2) is 6.54 Å². The maximum atomic E-state index is 14.2. The van der Waals surface area contributed by atoms with Gasteiger partial charge in [-0.25, -0.2) is 8.78 Å². The van der Waals surface area contributed by atoms with Crippen molar-refractivity contribution in [2.24, 2.45) is 5.92 Å². The Kier molecular flexibility index (Phi) is 5.34. The molecule has 1 saturated carbocycles. The molecule has 19 heavy (non-hydrogen) atoms. The van der Waals surface area contributed by atoms with Gasteiger partial charge < -0.3 is 5.32 Å². The van der Waals surface area contributed by atoms with Crippen molar-refractivity contribution in [1.29, 1.82) is 0 Å². The molecule has 106 valence electrons. The molecule has 0 aliphatic heterocycles. The zero-order valence-corrected chi connectivity index (χ0v) is 12.8. The highest BCUT2D eigenvalue weighted by atomic mass is 79.9. The van der Waals surface area contributed by atoms with Crippen LogP contribution < -0.4 is 5.32 Å². The smallest absolute Gasteiger partial charge is 0.145 e. The van der Waals surface area contributed by atoms with Crippen LogP contribution in [0.15, 0.2) is 16.6 Å². The number of benzene rings is 1. The quantitative estimate of drug-likeness (QED) is 0.726. The summed E-state index contributed by atoms with van der Waals surface area (Å²) in [6.07, 6.45) is 5.39. The van der Waals surface area contributed by atoms with Crippen LogP contribution in [0, 0.1) is 17.6 Å². The number of halogens is 3. The van der Waals surface area contributed by atoms with Crippen LogP contribution in [0.25, 0.3) is 0 Å². The summed E-state index contributed by atoms with van der Waals surface area (Å²) in [7, 11) is 0. The fraction of sp³-hybridized carbons (Fsp3) is 0.600. The summed E-state index contributed by atoms with van der Waals surface area (Å²) < 4.78 is 28.5. The van der Waals surface area contributed by atoms with E-state index < -0.39 is 11.6 Å². The molecule has 1 unspecified atom stereocenters. The third-order valence-electron chi connectivity index (χ3n) is 3.86. The highest BCUT2D eigenvalue weighted by Gasteiger charge is 2.27. The van der Waals surface area contributed by atoms with Gasteiger partial charge in [0.25, 0.3) is 0 Å². The number of hydrogen-bond donors (Lipinski definition) is 1. The molecule has 1 aromatic rings. The molecule has 1 aromatic carbocycles. The Morgan fingerprint density at radius 1 is 1.37 bits per heavy atom. The molecular formula is C15H20BrF2N. The molecule has 1 aliphatic rings. The van der Waals surface area contributed by atoms with Crippen LogP contribution in [0.1, 0.15) is 50.6 Å². The highest BCUT2D eigenvalue weighted by Crippen LogP contribution is 2.37. The third-order valence-corrected chi connectivity index (χ3v) is 4.47. The van der Waals surface area contributed by atoms with Gasteiger partial charge in [-0.15, -0.1) is 0 Å². The molecule has 1 fully saturated rings. The number of nitrogens with one attached hydrogen (secondary N) is 1. The van der Waals surface area contributed by atoms with Crippen molar-refractivity contribution in [3.8, 4) is 0 Å². The predicted molar refractivity (Wildman–Crippen MR) is 77.1 cm³/mol. The summed E-state index contributed by atoms with van der Waals surface area (Å²) in [5, 5.41) is 3.29. The van der Waals surface area contributed by atoms with E-state index in [1.54, 1.807) is 0 Å². The molecular weight excluding hydrogens is 312 g/mol. The summed E-state index contributed by atoms with van der Waals surface area (Å²) >= 11 is 3.14. The van der Waals surface area contributed by atoms with Crippen molar-refractivity contribution < 1.29 is 8.78 Å². The van der Waals surface area contributed by atoms with Gasteiger partial charge in [-0.1, -0.05) is 26.2 Å². The molecule has 0 radical (unpaired) electrons. The minimum Gasteiger partial charge on any atom is -0.310 e. The van der Waals surface area contributed by atoms with Gasteiger partial charge in [0.05, 0.1) is 4.47 Å². The molecule has 1 nitrogen and oxygen atoms in total. The van der Waals surface area contributed by atoms with Gasteiger partial charge in [0, 0.05) is 11.6 Å². The summed E-state index contributed by atoms with van der Waals surface area (Å²) in [6, 6.07) is 2.54. The molecule has 1 aliphatic carbocycles. The lowest BCUT2D eigenvalue weighted by molar-refractivity contribution is 0.256. The zero-order valence-electron chi connectivity index (χ0n) is 11.2. The Balaban J connectivity index is 2.22. The molecule has 0 heterocycles. The second kappa shape index (κ2) is 6.80. The summed E-state index contributed by atoms with van der Waals surface area (Å²) in [6.45, 7) is 2.84. The molecule has 4 heteroatoms. The fourth-order valence-corrected chi connectivity index (χ4v) is 2.89. The van der Waals surface area contributed by atoms with Crippen LogP contribution >= 0.6 is 15.9 Å². The van der Waals surface area contributed by atoms with Crippen molar-refractivity contribution in [2.45, 2.75) is 45.1 Å². The summed E-state index contributed by atoms with van der Waals surface area (Å²) in [5.41, 5.74) is 0.190. The van der Waals surface area contributed by atoms with E-state index in [9.17, 15) is 8.78 Å². The second-order valence-corrected chi connectivity index (χ2v) is 6.15. The van der Waals surface area contributed by atoms with Gasteiger partial charge in [-0.05, 0) is 53.4 Å². The van der Waals surface area contributed by atoms with E-state index in [4.69, 9.17) is 0 Å². The van der Waals surface area contributed by atoms with Gasteiger partial charge in [0.2, 0.25) is 0 Å². The van der Waals surface area contributed by atoms with Crippen molar-refractivity contribution in [3.05, 3.63) is 33.8 Å². The van der Waals surface area contributed by atoms with Crippen molar-refractivity contribution in [2.75, 3.05) is 6.54 Å². The van der Waals surface area contributed by atoms with Crippen molar-refractivity contribution >= 4 is 15.9 Å². The second-order valence-electron chi connectivity index (χ2n) is 5.30. The molecule has 1 atom stereocenters. The van der Waals surface area contributed by atoms with E-state index in [-0.39, 0.29) is 11.6 Å². The van der Waals surface area contributed by atoms with Crippen molar-refractivity contribution in [1.82, 2.24) is 5.32 Å². The van der Waals surface area contributed by atoms with Gasteiger partial charge in [-0.3, -0.25) is 0 Å². The van der Waals surface area contributed by atoms with E-state index in [0.717, 1.165) is 19.4 Å². The number of hydrogen-bond acceptors (Lipinski definition) is 1. The van der Waals surface area contributed by atoms with E-state index >= 15 is 0 Å². The van der Waals surface area contributed by atoms with E-state index in [1.807, 2.05) is 0 Å². The van der Waals surface area contributed by atoms with E-state index in [0.29, 0.717) is 10.4 Å². The monoisotopic (exact) mass is 331 g/mol. The maximum absolute atomic E-state index is 14.2. The summed E-state index contributed by atoms with van der Waals surface area (Å²) in [4.78, 5) is 0. The molecule has 0 bridgehead atoms. The van der Waals surface area contributed by atoms with Crippen LogP contribution in [-0.2, 0) is 0 Å². The molecule has 1 N–H and O–H groups in total. The molecule has 2 rings (SSSR count). The first-order valence-electron chi connectivity index (χ1n) is 7.00. The first-order valence-corrected chi connectivity index (χ1v) is 7.79. The minimum atomic E-state index is -0.465. The molecule has 0 amide bonds. The minimum absolute atomic E-state index is 0.190. The molecule has 0 aromatic heterocycles. The van der Waals surface area contributed by atoms with Crippen LogP contribution in [0.5, 0.6) is 0 Å². The molecule has 0 spiro atoms. The van der Waals surface area contributed by atoms with E-state index in [2.05, 4.69) is 28.2 Å². The van der Waals surface area contributed by atoms with Gasteiger partial charge in [0.15, 0.2) is 0 Å². The Morgan fingerprint density at radius 3 is 2.68 bits per heavy atom. The molecule has 0 saturated heterocycles. The first-order chi connectivity index (χ1) is 9.13. The predicted octanol–water partition coefficient (Wildman–Crippen LogP) is 4.96. The Morgan fingerprint density at radius 2 is 2.11 bits per heavy atom. The summed E-state index contributed by atoms with van der Waals surface area (Å²) in [5.74, 6) is -0.311. The van der Waals surface area contributed by atoms with Crippen LogP contribution in [0.3, 0.4) is 0 Å². The van der Waals surface area contributed by atoms with Crippen molar-refractivity contribution in [3.63, 3.8) is 0 Å². The SMILES string of the molecule is CCCNC(CC1CCC1)c1c(F)ccc(Br)c1F. The van der Waals surface area contributed by atoms with Gasteiger partial charge >= 0.3 is 0 Å². The Labute approximate surface area is 121 Å². The lowest BCUT2D eigenvalue weighted by Gasteiger charge is -2.31. The van der Waals surface area contributed by atoms with Crippen LogP contribution in [0.4, 0.5) is 8.78 Å². The third kappa shape index (κ3) is 3.54. The Hall–Kier alpha value is -0.480. The standard InChI is InChI=1S/C15H20BrF2N/c1-2-8-19-13(9-10-4-3-5-10)14-12(17)7-6-11(16)15(14)18/h6-7,10,13,19H,2-5,8-9H2,1H3. The zero-order chi connectivity index (χ0) is 13.8. The van der Waals surface area contributed by atoms with Gasteiger partial charge in [0.1, 0.15) is 11.6 Å². The van der Waals surface area contributed by atoms with E-state index in [1.165, 1.54) is 31.4 Å². The lowest BCUT2D eigenvalue weighted by atomic mass is 9.79. The average molecular weight is 332 g/mol. The Bertz CT molecular complexity index is 432. The van der Waals surface area contributed by atoms with Gasteiger partial charge in [-0.2, -0.15) is 0 Å². The normalized spacial score (nSPS) is 17.3. The van der Waals surface area contributed by atoms with Crippen LogP contribution in [0.2, 0.25) is 0 Å². The first kappa shape index (κ1) is 14.9. The maximum Gasteiger partial charge on any atom is 0.145 e.